The predicted octanol–water partition coefficient (Wildman–Crippen LogP) is 2.11. The Hall–Kier alpha value is -1.13. The first-order valence-corrected chi connectivity index (χ1v) is 5.94. The van der Waals surface area contributed by atoms with Crippen LogP contribution in [-0.4, -0.2) is 9.55 Å². The number of aryl methyl sites for hydroxylation is 2. The first-order chi connectivity index (χ1) is 7.27. The zero-order valence-corrected chi connectivity index (χ0v) is 9.57. The lowest BCUT2D eigenvalue weighted by molar-refractivity contribution is 0.607. The maximum absolute atomic E-state index is 6.10. The van der Waals surface area contributed by atoms with Crippen molar-refractivity contribution in [3.8, 4) is 0 Å². The van der Waals surface area contributed by atoms with Gasteiger partial charge in [-0.1, -0.05) is 0 Å². The summed E-state index contributed by atoms with van der Waals surface area (Å²) < 4.78 is 1.98. The van der Waals surface area contributed by atoms with Crippen LogP contribution >= 0.6 is 11.3 Å². The SMILES string of the molecule is Cn1cncc1C(N)CCc1ccsc1. The van der Waals surface area contributed by atoms with Crippen molar-refractivity contribution in [2.24, 2.45) is 12.8 Å². The molecule has 2 N–H and O–H groups in total. The van der Waals surface area contributed by atoms with Crippen molar-refractivity contribution in [1.29, 1.82) is 0 Å². The molecule has 0 aliphatic heterocycles. The smallest absolute Gasteiger partial charge is 0.0946 e. The molecule has 80 valence electrons. The third-order valence-corrected chi connectivity index (χ3v) is 3.29. The molecule has 0 bridgehead atoms. The second kappa shape index (κ2) is 4.59. The Labute approximate surface area is 93.6 Å². The fourth-order valence-corrected chi connectivity index (χ4v) is 2.33. The number of rotatable bonds is 4. The van der Waals surface area contributed by atoms with Crippen LogP contribution in [0.3, 0.4) is 0 Å². The third-order valence-electron chi connectivity index (χ3n) is 2.56. The van der Waals surface area contributed by atoms with Gasteiger partial charge in [-0.15, -0.1) is 0 Å². The largest absolute Gasteiger partial charge is 0.336 e. The summed E-state index contributed by atoms with van der Waals surface area (Å²) in [6.45, 7) is 0. The fraction of sp³-hybridized carbons (Fsp3) is 0.364. The van der Waals surface area contributed by atoms with Crippen LogP contribution in [0.5, 0.6) is 0 Å². The number of aromatic nitrogens is 2. The Kier molecular flexibility index (Phi) is 3.18. The van der Waals surface area contributed by atoms with Crippen LogP contribution in [0.2, 0.25) is 0 Å². The highest BCUT2D eigenvalue weighted by Gasteiger charge is 2.09. The van der Waals surface area contributed by atoms with Gasteiger partial charge in [0.25, 0.3) is 0 Å². The number of imidazole rings is 1. The lowest BCUT2D eigenvalue weighted by Crippen LogP contribution is -2.14. The van der Waals surface area contributed by atoms with Crippen LogP contribution in [0.25, 0.3) is 0 Å². The number of nitrogens with zero attached hydrogens (tertiary/aromatic N) is 2. The van der Waals surface area contributed by atoms with Gasteiger partial charge in [0.15, 0.2) is 0 Å². The Morgan fingerprint density at radius 2 is 2.47 bits per heavy atom. The van der Waals surface area contributed by atoms with Gasteiger partial charge in [-0.05, 0) is 35.2 Å². The zero-order chi connectivity index (χ0) is 10.7. The molecule has 1 atom stereocenters. The average molecular weight is 221 g/mol. The molecule has 2 heterocycles. The van der Waals surface area contributed by atoms with Gasteiger partial charge in [-0.3, -0.25) is 0 Å². The van der Waals surface area contributed by atoms with Crippen molar-refractivity contribution in [3.05, 3.63) is 40.6 Å². The van der Waals surface area contributed by atoms with E-state index in [4.69, 9.17) is 5.73 Å². The molecule has 0 spiro atoms. The lowest BCUT2D eigenvalue weighted by Gasteiger charge is -2.11. The average Bonchev–Trinajstić information content (AvgIpc) is 2.84. The fourth-order valence-electron chi connectivity index (χ4n) is 1.63. The van der Waals surface area contributed by atoms with Gasteiger partial charge in [0, 0.05) is 19.3 Å². The molecule has 0 amide bonds. The Bertz CT molecular complexity index is 405. The molecule has 0 aliphatic carbocycles. The van der Waals surface area contributed by atoms with E-state index in [1.54, 1.807) is 17.7 Å². The maximum Gasteiger partial charge on any atom is 0.0946 e. The normalized spacial score (nSPS) is 12.9. The zero-order valence-electron chi connectivity index (χ0n) is 8.76. The molecule has 0 radical (unpaired) electrons. The molecule has 0 aromatic carbocycles. The molecule has 0 saturated heterocycles. The van der Waals surface area contributed by atoms with Crippen molar-refractivity contribution in [2.45, 2.75) is 18.9 Å². The quantitative estimate of drug-likeness (QED) is 0.859. The monoisotopic (exact) mass is 221 g/mol. The van der Waals surface area contributed by atoms with Crippen LogP contribution in [0.1, 0.15) is 23.7 Å². The minimum atomic E-state index is 0.0809. The van der Waals surface area contributed by atoms with Gasteiger partial charge in [0.2, 0.25) is 0 Å². The molecule has 2 rings (SSSR count). The Morgan fingerprint density at radius 3 is 3.07 bits per heavy atom. The molecular formula is C11H15N3S. The van der Waals surface area contributed by atoms with E-state index < -0.39 is 0 Å². The Morgan fingerprint density at radius 1 is 1.60 bits per heavy atom. The van der Waals surface area contributed by atoms with E-state index in [2.05, 4.69) is 21.8 Å². The molecular weight excluding hydrogens is 206 g/mol. The molecule has 0 aliphatic rings. The predicted molar refractivity (Wildman–Crippen MR) is 62.8 cm³/mol. The van der Waals surface area contributed by atoms with Crippen LogP contribution in [0.4, 0.5) is 0 Å². The van der Waals surface area contributed by atoms with E-state index in [-0.39, 0.29) is 6.04 Å². The number of hydrogen-bond acceptors (Lipinski definition) is 3. The topological polar surface area (TPSA) is 43.8 Å². The van der Waals surface area contributed by atoms with E-state index in [0.717, 1.165) is 18.5 Å². The summed E-state index contributed by atoms with van der Waals surface area (Å²) in [5.74, 6) is 0. The summed E-state index contributed by atoms with van der Waals surface area (Å²) >= 11 is 1.73. The minimum absolute atomic E-state index is 0.0809. The van der Waals surface area contributed by atoms with Gasteiger partial charge in [0.05, 0.1) is 12.0 Å². The molecule has 3 nitrogen and oxygen atoms in total. The highest BCUT2D eigenvalue weighted by molar-refractivity contribution is 7.07. The molecule has 0 fully saturated rings. The van der Waals surface area contributed by atoms with Crippen molar-refractivity contribution in [2.75, 3.05) is 0 Å². The van der Waals surface area contributed by atoms with Crippen LogP contribution in [-0.2, 0) is 13.5 Å². The maximum atomic E-state index is 6.10. The summed E-state index contributed by atoms with van der Waals surface area (Å²) in [7, 11) is 1.98. The summed E-state index contributed by atoms with van der Waals surface area (Å²) in [5, 5.41) is 4.28. The number of nitrogens with two attached hydrogens (primary N) is 1. The second-order valence-electron chi connectivity index (χ2n) is 3.71. The number of hydrogen-bond donors (Lipinski definition) is 1. The molecule has 0 saturated carbocycles. The molecule has 15 heavy (non-hydrogen) atoms. The standard InChI is InChI=1S/C11H15N3S/c1-14-8-13-6-11(14)10(12)3-2-9-4-5-15-7-9/h4-8,10H,2-3,12H2,1H3. The summed E-state index contributed by atoms with van der Waals surface area (Å²) in [6, 6.07) is 2.23. The molecule has 1 unspecified atom stereocenters. The first kappa shape index (κ1) is 10.4. The van der Waals surface area contributed by atoms with E-state index in [1.165, 1.54) is 5.56 Å². The van der Waals surface area contributed by atoms with Crippen LogP contribution < -0.4 is 5.73 Å². The van der Waals surface area contributed by atoms with Crippen LogP contribution in [0.15, 0.2) is 29.4 Å². The highest BCUT2D eigenvalue weighted by atomic mass is 32.1. The van der Waals surface area contributed by atoms with Gasteiger partial charge in [-0.2, -0.15) is 11.3 Å². The van der Waals surface area contributed by atoms with Crippen molar-refractivity contribution in [3.63, 3.8) is 0 Å². The lowest BCUT2D eigenvalue weighted by atomic mass is 10.1. The van der Waals surface area contributed by atoms with E-state index in [1.807, 2.05) is 17.8 Å². The first-order valence-electron chi connectivity index (χ1n) is 5.00. The second-order valence-corrected chi connectivity index (χ2v) is 4.49. The van der Waals surface area contributed by atoms with Crippen molar-refractivity contribution in [1.82, 2.24) is 9.55 Å². The Balaban J connectivity index is 1.93. The van der Waals surface area contributed by atoms with Gasteiger partial charge >= 0.3 is 0 Å². The van der Waals surface area contributed by atoms with E-state index in [0.29, 0.717) is 0 Å². The van der Waals surface area contributed by atoms with Gasteiger partial charge in [0.1, 0.15) is 0 Å². The van der Waals surface area contributed by atoms with Gasteiger partial charge < -0.3 is 10.3 Å². The molecule has 2 aromatic heterocycles. The molecule has 4 heteroatoms. The number of thiophene rings is 1. The van der Waals surface area contributed by atoms with Crippen LogP contribution in [0, 0.1) is 0 Å². The highest BCUT2D eigenvalue weighted by Crippen LogP contribution is 2.17. The van der Waals surface area contributed by atoms with Crippen molar-refractivity contribution < 1.29 is 0 Å². The summed E-state index contributed by atoms with van der Waals surface area (Å²) in [5.41, 5.74) is 8.57. The third kappa shape index (κ3) is 2.46. The van der Waals surface area contributed by atoms with Crippen molar-refractivity contribution >= 4 is 11.3 Å². The van der Waals surface area contributed by atoms with Gasteiger partial charge in [-0.25, -0.2) is 4.98 Å². The minimum Gasteiger partial charge on any atom is -0.336 e. The van der Waals surface area contributed by atoms with E-state index in [9.17, 15) is 0 Å². The van der Waals surface area contributed by atoms with E-state index >= 15 is 0 Å². The molecule has 2 aromatic rings. The summed E-state index contributed by atoms with van der Waals surface area (Å²) in [6.07, 6.45) is 5.64. The summed E-state index contributed by atoms with van der Waals surface area (Å²) in [4.78, 5) is 4.07.